The molecule has 0 saturated heterocycles. The second-order valence-corrected chi connectivity index (χ2v) is 3.75. The minimum Gasteiger partial charge on any atom is -0.355 e. The number of carbonyl (C=O) groups excluding carboxylic acids is 1. The Hall–Kier alpha value is -2.31. The van der Waals surface area contributed by atoms with Gasteiger partial charge in [0.2, 0.25) is 0 Å². The summed E-state index contributed by atoms with van der Waals surface area (Å²) >= 11 is 0. The number of amides is 1. The summed E-state index contributed by atoms with van der Waals surface area (Å²) in [5.74, 6) is -0.825. The average molecular weight is 269 g/mol. The van der Waals surface area contributed by atoms with Crippen LogP contribution in [0.1, 0.15) is 16.1 Å². The van der Waals surface area contributed by atoms with Crippen LogP contribution in [0.4, 0.5) is 13.2 Å². The highest BCUT2D eigenvalue weighted by Crippen LogP contribution is 2.31. The van der Waals surface area contributed by atoms with Crippen molar-refractivity contribution in [2.45, 2.75) is 6.18 Å². The van der Waals surface area contributed by atoms with Gasteiger partial charge in [-0.15, -0.1) is 0 Å². The highest BCUT2D eigenvalue weighted by molar-refractivity contribution is 5.95. The van der Waals surface area contributed by atoms with Crippen molar-refractivity contribution in [1.82, 2.24) is 15.1 Å². The van der Waals surface area contributed by atoms with Crippen LogP contribution in [0.5, 0.6) is 0 Å². The van der Waals surface area contributed by atoms with Crippen molar-refractivity contribution < 1.29 is 18.0 Å². The van der Waals surface area contributed by atoms with E-state index in [1.807, 2.05) is 0 Å². The Balaban J connectivity index is 2.55. The lowest BCUT2D eigenvalue weighted by atomic mass is 10.2. The number of carbonyl (C=O) groups is 1. The van der Waals surface area contributed by atoms with E-state index in [1.54, 1.807) is 30.3 Å². The van der Waals surface area contributed by atoms with E-state index >= 15 is 0 Å². The molecular weight excluding hydrogens is 259 g/mol. The minimum absolute atomic E-state index is 0.447. The Bertz CT molecular complexity index is 590. The summed E-state index contributed by atoms with van der Waals surface area (Å²) in [6.07, 6.45) is -3.61. The number of hydrogen-bond donors (Lipinski definition) is 1. The first-order valence-electron chi connectivity index (χ1n) is 5.38. The third-order valence-corrected chi connectivity index (χ3v) is 2.48. The predicted octanol–water partition coefficient (Wildman–Crippen LogP) is 2.25. The van der Waals surface area contributed by atoms with Gasteiger partial charge in [0.15, 0.2) is 5.69 Å². The number of nitrogens with one attached hydrogen (secondary N) is 1. The first-order chi connectivity index (χ1) is 8.93. The second kappa shape index (κ2) is 4.75. The first kappa shape index (κ1) is 13.1. The Morgan fingerprint density at radius 3 is 2.42 bits per heavy atom. The van der Waals surface area contributed by atoms with E-state index in [4.69, 9.17) is 0 Å². The fourth-order valence-electron chi connectivity index (χ4n) is 1.60. The zero-order valence-electron chi connectivity index (χ0n) is 9.90. The van der Waals surface area contributed by atoms with Gasteiger partial charge in [-0.1, -0.05) is 18.2 Å². The molecule has 1 aromatic heterocycles. The molecule has 0 radical (unpaired) electrons. The molecule has 1 aromatic carbocycles. The highest BCUT2D eigenvalue weighted by atomic mass is 19.4. The lowest BCUT2D eigenvalue weighted by Crippen LogP contribution is -2.21. The lowest BCUT2D eigenvalue weighted by Gasteiger charge is -2.04. The number of hydrogen-bond acceptors (Lipinski definition) is 2. The molecule has 0 aliphatic carbocycles. The van der Waals surface area contributed by atoms with E-state index in [0.717, 1.165) is 10.9 Å². The molecule has 0 aliphatic rings. The van der Waals surface area contributed by atoms with Gasteiger partial charge in [-0.05, 0) is 12.1 Å². The van der Waals surface area contributed by atoms with Crippen LogP contribution in [0.15, 0.2) is 36.5 Å². The smallest absolute Gasteiger partial charge is 0.355 e. The average Bonchev–Trinajstić information content (AvgIpc) is 2.84. The number of rotatable bonds is 2. The Labute approximate surface area is 106 Å². The van der Waals surface area contributed by atoms with E-state index in [1.165, 1.54) is 7.05 Å². The molecule has 2 aromatic rings. The summed E-state index contributed by atoms with van der Waals surface area (Å²) in [5.41, 5.74) is -1.25. The fourth-order valence-corrected chi connectivity index (χ4v) is 1.60. The Morgan fingerprint density at radius 1 is 1.26 bits per heavy atom. The van der Waals surface area contributed by atoms with Crippen molar-refractivity contribution in [3.63, 3.8) is 0 Å². The van der Waals surface area contributed by atoms with Crippen LogP contribution >= 0.6 is 0 Å². The number of halogens is 3. The van der Waals surface area contributed by atoms with Crippen molar-refractivity contribution in [1.29, 1.82) is 0 Å². The van der Waals surface area contributed by atoms with E-state index in [2.05, 4.69) is 10.4 Å². The maximum absolute atomic E-state index is 12.8. The summed E-state index contributed by atoms with van der Waals surface area (Å²) in [4.78, 5) is 11.5. The molecular formula is C12H10F3N3O. The minimum atomic E-state index is -4.68. The van der Waals surface area contributed by atoms with Gasteiger partial charge in [-0.25, -0.2) is 4.68 Å². The first-order valence-corrected chi connectivity index (χ1v) is 5.38. The maximum atomic E-state index is 12.8. The molecule has 19 heavy (non-hydrogen) atoms. The largest absolute Gasteiger partial charge is 0.435 e. The van der Waals surface area contributed by atoms with Crippen LogP contribution in [0.2, 0.25) is 0 Å². The zero-order chi connectivity index (χ0) is 14.0. The van der Waals surface area contributed by atoms with Crippen LogP contribution < -0.4 is 5.32 Å². The summed E-state index contributed by atoms with van der Waals surface area (Å²) in [7, 11) is 1.27. The van der Waals surface area contributed by atoms with Gasteiger partial charge in [-0.2, -0.15) is 18.3 Å². The molecule has 4 nitrogen and oxygen atoms in total. The van der Waals surface area contributed by atoms with Crippen LogP contribution in [0.3, 0.4) is 0 Å². The van der Waals surface area contributed by atoms with Crippen molar-refractivity contribution >= 4 is 5.91 Å². The number of aromatic nitrogens is 2. The van der Waals surface area contributed by atoms with Crippen LogP contribution in [-0.4, -0.2) is 22.7 Å². The van der Waals surface area contributed by atoms with Gasteiger partial charge in [0.05, 0.1) is 11.3 Å². The fraction of sp³-hybridized carbons (Fsp3) is 0.167. The molecule has 0 bridgehead atoms. The van der Waals surface area contributed by atoms with Gasteiger partial charge >= 0.3 is 6.18 Å². The Morgan fingerprint density at radius 2 is 1.89 bits per heavy atom. The molecule has 1 heterocycles. The number of nitrogens with zero attached hydrogens (tertiary/aromatic N) is 2. The topological polar surface area (TPSA) is 46.9 Å². The van der Waals surface area contributed by atoms with E-state index < -0.39 is 23.3 Å². The standard InChI is InChI=1S/C12H10F3N3O/c1-16-11(19)9-7-18(8-5-3-2-4-6-8)17-10(9)12(13,14)15/h2-7H,1H3,(H,16,19). The highest BCUT2D eigenvalue weighted by Gasteiger charge is 2.39. The third-order valence-electron chi connectivity index (χ3n) is 2.48. The molecule has 1 N–H and O–H groups in total. The lowest BCUT2D eigenvalue weighted by molar-refractivity contribution is -0.141. The number of benzene rings is 1. The predicted molar refractivity (Wildman–Crippen MR) is 62.0 cm³/mol. The molecule has 7 heteroatoms. The van der Waals surface area contributed by atoms with Crippen molar-refractivity contribution in [3.05, 3.63) is 47.8 Å². The van der Waals surface area contributed by atoms with Crippen molar-refractivity contribution in [3.8, 4) is 5.69 Å². The molecule has 0 aliphatic heterocycles. The van der Waals surface area contributed by atoms with Gasteiger partial charge < -0.3 is 5.32 Å². The molecule has 0 fully saturated rings. The molecule has 0 atom stereocenters. The van der Waals surface area contributed by atoms with Crippen LogP contribution in [0, 0.1) is 0 Å². The quantitative estimate of drug-likeness (QED) is 0.909. The molecule has 2 rings (SSSR count). The molecule has 0 unspecified atom stereocenters. The van der Waals surface area contributed by atoms with E-state index in [-0.39, 0.29) is 0 Å². The SMILES string of the molecule is CNC(=O)c1cn(-c2ccccc2)nc1C(F)(F)F. The second-order valence-electron chi connectivity index (χ2n) is 3.75. The zero-order valence-corrected chi connectivity index (χ0v) is 9.90. The van der Waals surface area contributed by atoms with Crippen molar-refractivity contribution in [2.75, 3.05) is 7.05 Å². The van der Waals surface area contributed by atoms with Gasteiger partial charge in [-0.3, -0.25) is 4.79 Å². The number of alkyl halides is 3. The molecule has 0 spiro atoms. The van der Waals surface area contributed by atoms with Crippen LogP contribution in [0.25, 0.3) is 5.69 Å². The van der Waals surface area contributed by atoms with E-state index in [0.29, 0.717) is 5.69 Å². The van der Waals surface area contributed by atoms with E-state index in [9.17, 15) is 18.0 Å². The van der Waals surface area contributed by atoms with Gasteiger partial charge in [0, 0.05) is 13.2 Å². The molecule has 100 valence electrons. The third kappa shape index (κ3) is 2.59. The summed E-state index contributed by atoms with van der Waals surface area (Å²) in [6, 6.07) is 8.27. The van der Waals surface area contributed by atoms with Gasteiger partial charge in [0.1, 0.15) is 0 Å². The summed E-state index contributed by atoms with van der Waals surface area (Å²) < 4.78 is 39.5. The Kier molecular flexibility index (Phi) is 3.28. The normalized spacial score (nSPS) is 11.4. The van der Waals surface area contributed by atoms with Crippen LogP contribution in [-0.2, 0) is 6.18 Å². The van der Waals surface area contributed by atoms with Gasteiger partial charge in [0.25, 0.3) is 5.91 Å². The molecule has 1 amide bonds. The summed E-state index contributed by atoms with van der Waals surface area (Å²) in [5, 5.41) is 5.62. The number of para-hydroxylation sites is 1. The van der Waals surface area contributed by atoms with Crippen molar-refractivity contribution in [2.24, 2.45) is 0 Å². The maximum Gasteiger partial charge on any atom is 0.435 e. The monoisotopic (exact) mass is 269 g/mol. The molecule has 0 saturated carbocycles. The summed E-state index contributed by atoms with van der Waals surface area (Å²) in [6.45, 7) is 0.